The van der Waals surface area contributed by atoms with Crippen molar-refractivity contribution in [3.63, 3.8) is 0 Å². The normalized spacial score (nSPS) is 14.7. The fourth-order valence-corrected chi connectivity index (χ4v) is 3.43. The Kier molecular flexibility index (Phi) is 6.62. The molecule has 0 bridgehead atoms. The second kappa shape index (κ2) is 9.34. The summed E-state index contributed by atoms with van der Waals surface area (Å²) in [4.78, 5) is 17.1. The monoisotopic (exact) mass is 361 g/mol. The van der Waals surface area contributed by atoms with Crippen LogP contribution in [0.1, 0.15) is 46.8 Å². The highest BCUT2D eigenvalue weighted by Gasteiger charge is 2.22. The smallest absolute Gasteiger partial charge is 0.253 e. The van der Waals surface area contributed by atoms with Crippen molar-refractivity contribution in [2.24, 2.45) is 0 Å². The summed E-state index contributed by atoms with van der Waals surface area (Å²) in [5, 5.41) is 8.88. The fourth-order valence-electron chi connectivity index (χ4n) is 3.43. The van der Waals surface area contributed by atoms with Gasteiger partial charge in [-0.1, -0.05) is 37.6 Å². The minimum Gasteiger partial charge on any atom is -0.336 e. The van der Waals surface area contributed by atoms with Crippen LogP contribution in [-0.4, -0.2) is 41.9 Å². The van der Waals surface area contributed by atoms with Crippen molar-refractivity contribution < 1.29 is 4.79 Å². The number of carbonyl (C=O) groups is 1. The van der Waals surface area contributed by atoms with Crippen molar-refractivity contribution in [2.45, 2.75) is 32.7 Å². The molecule has 4 heteroatoms. The topological polar surface area (TPSA) is 47.3 Å². The number of benzene rings is 2. The minimum absolute atomic E-state index is 0.134. The second-order valence-electron chi connectivity index (χ2n) is 7.18. The van der Waals surface area contributed by atoms with Crippen LogP contribution in [0.4, 0.5) is 0 Å². The van der Waals surface area contributed by atoms with Gasteiger partial charge < -0.3 is 4.90 Å². The molecule has 0 radical (unpaired) electrons. The zero-order valence-corrected chi connectivity index (χ0v) is 16.0. The number of rotatable bonds is 6. The molecule has 1 aliphatic rings. The summed E-state index contributed by atoms with van der Waals surface area (Å²) in [5.41, 5.74) is 3.99. The van der Waals surface area contributed by atoms with Crippen molar-refractivity contribution in [2.75, 3.05) is 26.2 Å². The molecule has 1 aliphatic heterocycles. The number of aryl methyl sites for hydroxylation is 1. The van der Waals surface area contributed by atoms with Gasteiger partial charge in [-0.25, -0.2) is 0 Å². The van der Waals surface area contributed by atoms with E-state index in [0.29, 0.717) is 5.56 Å². The van der Waals surface area contributed by atoms with Gasteiger partial charge in [0.05, 0.1) is 11.6 Å². The quantitative estimate of drug-likeness (QED) is 0.785. The number of hydrogen-bond donors (Lipinski definition) is 0. The van der Waals surface area contributed by atoms with Gasteiger partial charge in [0.2, 0.25) is 0 Å². The van der Waals surface area contributed by atoms with E-state index < -0.39 is 0 Å². The molecule has 0 aromatic heterocycles. The summed E-state index contributed by atoms with van der Waals surface area (Å²) >= 11 is 0. The molecule has 1 amide bonds. The molecule has 0 N–H and O–H groups in total. The highest BCUT2D eigenvalue weighted by atomic mass is 16.2. The molecule has 1 fully saturated rings. The second-order valence-corrected chi connectivity index (χ2v) is 7.18. The van der Waals surface area contributed by atoms with Crippen LogP contribution in [-0.2, 0) is 13.0 Å². The molecule has 140 valence electrons. The molecule has 0 saturated carbocycles. The van der Waals surface area contributed by atoms with Crippen LogP contribution < -0.4 is 0 Å². The maximum Gasteiger partial charge on any atom is 0.253 e. The molecular formula is C23H27N3O. The Hall–Kier alpha value is -2.64. The summed E-state index contributed by atoms with van der Waals surface area (Å²) in [6.07, 6.45) is 3.46. The largest absolute Gasteiger partial charge is 0.336 e. The van der Waals surface area contributed by atoms with Gasteiger partial charge in [0.15, 0.2) is 0 Å². The minimum atomic E-state index is 0.134. The van der Waals surface area contributed by atoms with Crippen molar-refractivity contribution in [3.05, 3.63) is 70.8 Å². The highest BCUT2D eigenvalue weighted by molar-refractivity contribution is 5.94. The van der Waals surface area contributed by atoms with Gasteiger partial charge >= 0.3 is 0 Å². The lowest BCUT2D eigenvalue weighted by Crippen LogP contribution is -2.48. The zero-order chi connectivity index (χ0) is 19.1. The Morgan fingerprint density at radius 3 is 2.19 bits per heavy atom. The Labute approximate surface area is 162 Å². The highest BCUT2D eigenvalue weighted by Crippen LogP contribution is 2.14. The van der Waals surface area contributed by atoms with Crippen LogP contribution in [0.2, 0.25) is 0 Å². The van der Waals surface area contributed by atoms with Crippen molar-refractivity contribution in [1.82, 2.24) is 9.80 Å². The number of nitriles is 1. The first-order chi connectivity index (χ1) is 13.2. The van der Waals surface area contributed by atoms with Crippen molar-refractivity contribution in [3.8, 4) is 6.07 Å². The molecule has 1 heterocycles. The van der Waals surface area contributed by atoms with E-state index in [4.69, 9.17) is 5.26 Å². The standard InChI is InChI=1S/C23H27N3O/c1-2-3-4-19-9-11-22(12-10-19)23(27)26-15-13-25(14-16-26)18-21-7-5-20(17-24)6-8-21/h5-12H,2-4,13-16,18H2,1H3. The van der Waals surface area contributed by atoms with E-state index >= 15 is 0 Å². The van der Waals surface area contributed by atoms with Crippen molar-refractivity contribution >= 4 is 5.91 Å². The summed E-state index contributed by atoms with van der Waals surface area (Å²) in [6.45, 7) is 6.32. The molecule has 2 aromatic rings. The third-order valence-corrected chi connectivity index (χ3v) is 5.17. The lowest BCUT2D eigenvalue weighted by molar-refractivity contribution is 0.0628. The molecular weight excluding hydrogens is 334 g/mol. The van der Waals surface area contributed by atoms with Gasteiger partial charge in [0, 0.05) is 38.3 Å². The SMILES string of the molecule is CCCCc1ccc(C(=O)N2CCN(Cc3ccc(C#N)cc3)CC2)cc1. The molecule has 0 spiro atoms. The first kappa shape index (κ1) is 19.1. The zero-order valence-electron chi connectivity index (χ0n) is 16.0. The van der Waals surface area contributed by atoms with E-state index in [0.717, 1.165) is 44.7 Å². The third kappa shape index (κ3) is 5.18. The number of piperazine rings is 1. The lowest BCUT2D eigenvalue weighted by Gasteiger charge is -2.34. The van der Waals surface area contributed by atoms with Gasteiger partial charge in [0.1, 0.15) is 0 Å². The fraction of sp³-hybridized carbons (Fsp3) is 0.391. The van der Waals surface area contributed by atoms with Gasteiger partial charge in [-0.3, -0.25) is 9.69 Å². The van der Waals surface area contributed by atoms with Crippen molar-refractivity contribution in [1.29, 1.82) is 5.26 Å². The van der Waals surface area contributed by atoms with Crippen LogP contribution in [0.15, 0.2) is 48.5 Å². The van der Waals surface area contributed by atoms with Crippen LogP contribution in [0, 0.1) is 11.3 Å². The first-order valence-corrected chi connectivity index (χ1v) is 9.79. The first-order valence-electron chi connectivity index (χ1n) is 9.79. The predicted octanol–water partition coefficient (Wildman–Crippen LogP) is 3.86. The van der Waals surface area contributed by atoms with E-state index in [2.05, 4.69) is 30.0 Å². The van der Waals surface area contributed by atoms with E-state index in [1.165, 1.54) is 24.0 Å². The predicted molar refractivity (Wildman–Crippen MR) is 107 cm³/mol. The Bertz CT molecular complexity index is 782. The molecule has 3 rings (SSSR count). The van der Waals surface area contributed by atoms with Crippen LogP contribution in [0.3, 0.4) is 0 Å². The summed E-state index contributed by atoms with van der Waals surface area (Å²) in [5.74, 6) is 0.134. The molecule has 2 aromatic carbocycles. The van der Waals surface area contributed by atoms with Crippen LogP contribution >= 0.6 is 0 Å². The van der Waals surface area contributed by atoms with Gasteiger partial charge in [0.25, 0.3) is 5.91 Å². The van der Waals surface area contributed by atoms with Gasteiger partial charge in [-0.2, -0.15) is 5.26 Å². The molecule has 4 nitrogen and oxygen atoms in total. The van der Waals surface area contributed by atoms with E-state index in [1.807, 2.05) is 41.3 Å². The molecule has 0 aliphatic carbocycles. The number of nitrogens with zero attached hydrogens (tertiary/aromatic N) is 3. The Balaban J connectivity index is 1.50. The molecule has 27 heavy (non-hydrogen) atoms. The Morgan fingerprint density at radius 2 is 1.59 bits per heavy atom. The average molecular weight is 361 g/mol. The number of unbranched alkanes of at least 4 members (excludes halogenated alkanes) is 1. The average Bonchev–Trinajstić information content (AvgIpc) is 2.73. The van der Waals surface area contributed by atoms with Gasteiger partial charge in [-0.05, 0) is 48.2 Å². The van der Waals surface area contributed by atoms with E-state index in [9.17, 15) is 4.79 Å². The Morgan fingerprint density at radius 1 is 0.963 bits per heavy atom. The van der Waals surface area contributed by atoms with E-state index in [-0.39, 0.29) is 5.91 Å². The summed E-state index contributed by atoms with van der Waals surface area (Å²) in [7, 11) is 0. The number of hydrogen-bond acceptors (Lipinski definition) is 3. The third-order valence-electron chi connectivity index (χ3n) is 5.17. The summed E-state index contributed by atoms with van der Waals surface area (Å²) < 4.78 is 0. The molecule has 1 saturated heterocycles. The maximum absolute atomic E-state index is 12.7. The number of carbonyl (C=O) groups excluding carboxylic acids is 1. The molecule has 0 unspecified atom stereocenters. The maximum atomic E-state index is 12.7. The summed E-state index contributed by atoms with van der Waals surface area (Å²) in [6, 6.07) is 18.0. The number of amides is 1. The van der Waals surface area contributed by atoms with Crippen LogP contribution in [0.5, 0.6) is 0 Å². The van der Waals surface area contributed by atoms with Crippen LogP contribution in [0.25, 0.3) is 0 Å². The molecule has 0 atom stereocenters. The van der Waals surface area contributed by atoms with Gasteiger partial charge in [-0.15, -0.1) is 0 Å². The lowest BCUT2D eigenvalue weighted by atomic mass is 10.1. The van der Waals surface area contributed by atoms with E-state index in [1.54, 1.807) is 0 Å².